The summed E-state index contributed by atoms with van der Waals surface area (Å²) in [6, 6.07) is 15.4. The molecule has 0 aliphatic carbocycles. The Labute approximate surface area is 176 Å². The van der Waals surface area contributed by atoms with Crippen molar-refractivity contribution in [2.45, 2.75) is 12.8 Å². The highest BCUT2D eigenvalue weighted by Gasteiger charge is 2.21. The van der Waals surface area contributed by atoms with E-state index in [-0.39, 0.29) is 18.4 Å². The van der Waals surface area contributed by atoms with Crippen molar-refractivity contribution in [2.75, 3.05) is 44.7 Å². The Morgan fingerprint density at radius 2 is 1.79 bits per heavy atom. The van der Waals surface area contributed by atoms with Gasteiger partial charge >= 0.3 is 0 Å². The lowest BCUT2D eigenvalue weighted by atomic mass is 10.1. The van der Waals surface area contributed by atoms with E-state index in [4.69, 9.17) is 16.3 Å². The lowest BCUT2D eigenvalue weighted by Crippen LogP contribution is -2.51. The van der Waals surface area contributed by atoms with E-state index in [1.54, 1.807) is 12.0 Å². The molecule has 2 amide bonds. The van der Waals surface area contributed by atoms with Gasteiger partial charge in [-0.15, -0.1) is 0 Å². The van der Waals surface area contributed by atoms with Gasteiger partial charge < -0.3 is 19.9 Å². The number of nitrogens with one attached hydrogen (secondary N) is 1. The van der Waals surface area contributed by atoms with Gasteiger partial charge in [-0.1, -0.05) is 23.7 Å². The summed E-state index contributed by atoms with van der Waals surface area (Å²) in [6.45, 7) is 2.84. The highest BCUT2D eigenvalue weighted by molar-refractivity contribution is 6.30. The third-order valence-corrected chi connectivity index (χ3v) is 5.29. The Morgan fingerprint density at radius 3 is 2.48 bits per heavy atom. The van der Waals surface area contributed by atoms with Crippen LogP contribution < -0.4 is 15.0 Å². The molecule has 3 rings (SSSR count). The number of halogens is 1. The molecule has 0 saturated carbocycles. The van der Waals surface area contributed by atoms with Crippen LogP contribution in [0.4, 0.5) is 5.69 Å². The number of ether oxygens (including phenoxy) is 1. The first kappa shape index (κ1) is 21.0. The number of nitrogens with zero attached hydrogens (tertiary/aromatic N) is 2. The first-order valence-electron chi connectivity index (χ1n) is 9.73. The molecule has 6 nitrogen and oxygen atoms in total. The summed E-state index contributed by atoms with van der Waals surface area (Å²) in [4.78, 5) is 28.5. The highest BCUT2D eigenvalue weighted by atomic mass is 35.5. The van der Waals surface area contributed by atoms with Crippen LogP contribution in [-0.2, 0) is 16.0 Å². The number of hydrogen-bond acceptors (Lipinski definition) is 4. The number of rotatable bonds is 7. The number of benzene rings is 2. The van der Waals surface area contributed by atoms with E-state index in [1.165, 1.54) is 0 Å². The average Bonchev–Trinajstić information content (AvgIpc) is 2.77. The molecule has 29 heavy (non-hydrogen) atoms. The molecular formula is C22H26ClN3O3. The van der Waals surface area contributed by atoms with Crippen LogP contribution in [0.2, 0.25) is 5.02 Å². The standard InChI is InChI=1S/C22H26ClN3O3/c1-29-20-4-2-3-17(15-20)5-10-21(27)24-16-22(28)26-13-11-25(12-14-26)19-8-6-18(23)7-9-19/h2-4,6-9,15H,5,10-14,16H2,1H3,(H,24,27). The van der Waals surface area contributed by atoms with E-state index in [9.17, 15) is 9.59 Å². The maximum atomic E-state index is 12.4. The van der Waals surface area contributed by atoms with Crippen LogP contribution in [0.5, 0.6) is 5.75 Å². The van der Waals surface area contributed by atoms with E-state index >= 15 is 0 Å². The Hall–Kier alpha value is -2.73. The maximum Gasteiger partial charge on any atom is 0.242 e. The normalized spacial score (nSPS) is 13.9. The minimum atomic E-state index is -0.124. The van der Waals surface area contributed by atoms with Crippen molar-refractivity contribution < 1.29 is 14.3 Å². The van der Waals surface area contributed by atoms with E-state index in [0.29, 0.717) is 31.0 Å². The number of methoxy groups -OCH3 is 1. The predicted octanol–water partition coefficient (Wildman–Crippen LogP) is 2.75. The van der Waals surface area contributed by atoms with Crippen molar-refractivity contribution in [1.29, 1.82) is 0 Å². The molecule has 0 spiro atoms. The Kier molecular flexibility index (Phi) is 7.36. The van der Waals surface area contributed by atoms with Gasteiger partial charge in [-0.05, 0) is 48.4 Å². The van der Waals surface area contributed by atoms with Crippen molar-refractivity contribution in [3.63, 3.8) is 0 Å². The molecule has 0 bridgehead atoms. The van der Waals surface area contributed by atoms with Crippen LogP contribution in [0.1, 0.15) is 12.0 Å². The largest absolute Gasteiger partial charge is 0.497 e. The Morgan fingerprint density at radius 1 is 1.07 bits per heavy atom. The van der Waals surface area contributed by atoms with Crippen molar-refractivity contribution in [1.82, 2.24) is 10.2 Å². The van der Waals surface area contributed by atoms with Crippen molar-refractivity contribution in [3.8, 4) is 5.75 Å². The van der Waals surface area contributed by atoms with Gasteiger partial charge in [0.15, 0.2) is 0 Å². The second-order valence-electron chi connectivity index (χ2n) is 6.97. The van der Waals surface area contributed by atoms with Crippen LogP contribution in [0.25, 0.3) is 0 Å². The fourth-order valence-corrected chi connectivity index (χ4v) is 3.45. The molecule has 0 unspecified atom stereocenters. The Bertz CT molecular complexity index is 833. The van der Waals surface area contributed by atoms with E-state index < -0.39 is 0 Å². The summed E-state index contributed by atoms with van der Waals surface area (Å²) in [5, 5.41) is 3.45. The van der Waals surface area contributed by atoms with Gasteiger partial charge in [-0.25, -0.2) is 0 Å². The second-order valence-corrected chi connectivity index (χ2v) is 7.41. The highest BCUT2D eigenvalue weighted by Crippen LogP contribution is 2.19. The minimum absolute atomic E-state index is 0.0396. The molecule has 154 valence electrons. The van der Waals surface area contributed by atoms with Crippen LogP contribution in [-0.4, -0.2) is 56.5 Å². The first-order chi connectivity index (χ1) is 14.0. The summed E-state index contributed by atoms with van der Waals surface area (Å²) in [5.74, 6) is 0.604. The van der Waals surface area contributed by atoms with E-state index in [2.05, 4.69) is 10.2 Å². The zero-order valence-electron chi connectivity index (χ0n) is 16.6. The topological polar surface area (TPSA) is 61.9 Å². The summed E-state index contributed by atoms with van der Waals surface area (Å²) in [5.41, 5.74) is 2.14. The summed E-state index contributed by atoms with van der Waals surface area (Å²) < 4.78 is 5.19. The molecule has 2 aromatic carbocycles. The van der Waals surface area contributed by atoms with Crippen LogP contribution in [0, 0.1) is 0 Å². The number of aryl methyl sites for hydroxylation is 1. The van der Waals surface area contributed by atoms with Gasteiger partial charge in [-0.3, -0.25) is 9.59 Å². The molecule has 1 N–H and O–H groups in total. The molecule has 2 aromatic rings. The number of carbonyl (C=O) groups is 2. The number of amides is 2. The lowest BCUT2D eigenvalue weighted by molar-refractivity contribution is -0.133. The van der Waals surface area contributed by atoms with E-state index in [1.807, 2.05) is 48.5 Å². The number of piperazine rings is 1. The average molecular weight is 416 g/mol. The fourth-order valence-electron chi connectivity index (χ4n) is 3.33. The number of carbonyl (C=O) groups excluding carboxylic acids is 2. The zero-order valence-corrected chi connectivity index (χ0v) is 17.3. The summed E-state index contributed by atoms with van der Waals surface area (Å²) >= 11 is 5.93. The van der Waals surface area contributed by atoms with Gasteiger partial charge in [-0.2, -0.15) is 0 Å². The minimum Gasteiger partial charge on any atom is -0.497 e. The molecule has 0 atom stereocenters. The van der Waals surface area contributed by atoms with Crippen LogP contribution in [0.15, 0.2) is 48.5 Å². The van der Waals surface area contributed by atoms with Gasteiger partial charge in [0.1, 0.15) is 5.75 Å². The van der Waals surface area contributed by atoms with Crippen molar-refractivity contribution in [2.24, 2.45) is 0 Å². The molecule has 1 saturated heterocycles. The maximum absolute atomic E-state index is 12.4. The first-order valence-corrected chi connectivity index (χ1v) is 10.1. The smallest absolute Gasteiger partial charge is 0.242 e. The second kappa shape index (κ2) is 10.2. The van der Waals surface area contributed by atoms with Crippen molar-refractivity contribution >= 4 is 29.1 Å². The molecular weight excluding hydrogens is 390 g/mol. The van der Waals surface area contributed by atoms with Gasteiger partial charge in [0.25, 0.3) is 0 Å². The van der Waals surface area contributed by atoms with E-state index in [0.717, 1.165) is 30.1 Å². The SMILES string of the molecule is COc1cccc(CCC(=O)NCC(=O)N2CCN(c3ccc(Cl)cc3)CC2)c1. The predicted molar refractivity (Wildman–Crippen MR) is 115 cm³/mol. The van der Waals surface area contributed by atoms with Crippen LogP contribution >= 0.6 is 11.6 Å². The van der Waals surface area contributed by atoms with Gasteiger partial charge in [0, 0.05) is 43.3 Å². The van der Waals surface area contributed by atoms with Crippen LogP contribution in [0.3, 0.4) is 0 Å². The summed E-state index contributed by atoms with van der Waals surface area (Å²) in [6.07, 6.45) is 0.946. The molecule has 0 aromatic heterocycles. The lowest BCUT2D eigenvalue weighted by Gasteiger charge is -2.36. The molecule has 1 fully saturated rings. The Balaban J connectivity index is 1.38. The molecule has 0 radical (unpaired) electrons. The number of anilines is 1. The molecule has 1 aliphatic heterocycles. The third-order valence-electron chi connectivity index (χ3n) is 5.04. The zero-order chi connectivity index (χ0) is 20.6. The van der Waals surface area contributed by atoms with Gasteiger partial charge in [0.2, 0.25) is 11.8 Å². The van der Waals surface area contributed by atoms with Gasteiger partial charge in [0.05, 0.1) is 13.7 Å². The molecule has 7 heteroatoms. The summed E-state index contributed by atoms with van der Waals surface area (Å²) in [7, 11) is 1.62. The third kappa shape index (κ3) is 6.12. The number of hydrogen-bond donors (Lipinski definition) is 1. The quantitative estimate of drug-likeness (QED) is 0.755. The molecule has 1 aliphatic rings. The fraction of sp³-hybridized carbons (Fsp3) is 0.364. The van der Waals surface area contributed by atoms with Crippen molar-refractivity contribution in [3.05, 3.63) is 59.1 Å². The monoisotopic (exact) mass is 415 g/mol. The molecule has 1 heterocycles.